The lowest BCUT2D eigenvalue weighted by atomic mass is 10.3. The highest BCUT2D eigenvalue weighted by Gasteiger charge is 2.28. The Morgan fingerprint density at radius 1 is 1.21 bits per heavy atom. The summed E-state index contributed by atoms with van der Waals surface area (Å²) >= 11 is 0. The summed E-state index contributed by atoms with van der Waals surface area (Å²) in [4.78, 5) is 9.26. The van der Waals surface area contributed by atoms with Gasteiger partial charge in [-0.05, 0) is 39.0 Å². The van der Waals surface area contributed by atoms with Gasteiger partial charge < -0.3 is 10.1 Å². The fourth-order valence-corrected chi connectivity index (χ4v) is 2.25. The van der Waals surface area contributed by atoms with Crippen LogP contribution in [-0.2, 0) is 0 Å². The highest BCUT2D eigenvalue weighted by Crippen LogP contribution is 2.40. The number of nitrogens with one attached hydrogen (secondary N) is 1. The number of aromatic nitrogens is 2. The molecule has 2 fully saturated rings. The van der Waals surface area contributed by atoms with Crippen molar-refractivity contribution in [3.63, 3.8) is 0 Å². The Morgan fingerprint density at radius 3 is 2.63 bits per heavy atom. The summed E-state index contributed by atoms with van der Waals surface area (Å²) in [5.41, 5.74) is 1.04. The summed E-state index contributed by atoms with van der Waals surface area (Å²) in [6, 6.07) is 0. The van der Waals surface area contributed by atoms with Crippen molar-refractivity contribution in [3.05, 3.63) is 11.4 Å². The molecule has 19 heavy (non-hydrogen) atoms. The zero-order chi connectivity index (χ0) is 13.2. The molecule has 0 aromatic carbocycles. The van der Waals surface area contributed by atoms with Crippen molar-refractivity contribution in [2.24, 2.45) is 5.92 Å². The van der Waals surface area contributed by atoms with E-state index in [1.54, 1.807) is 0 Å². The van der Waals surface area contributed by atoms with Crippen LogP contribution >= 0.6 is 0 Å². The number of anilines is 1. The molecule has 0 bridgehead atoms. The van der Waals surface area contributed by atoms with E-state index in [4.69, 9.17) is 4.74 Å². The quantitative estimate of drug-likeness (QED) is 0.818. The Kier molecular flexibility index (Phi) is 3.58. The minimum Gasteiger partial charge on any atom is -0.477 e. The first kappa shape index (κ1) is 12.7. The second kappa shape index (κ2) is 5.35. The lowest BCUT2D eigenvalue weighted by Gasteiger charge is -2.13. The Hall–Kier alpha value is -1.32. The lowest BCUT2D eigenvalue weighted by Crippen LogP contribution is -2.09. The molecule has 0 atom stereocenters. The molecule has 1 aromatic rings. The van der Waals surface area contributed by atoms with Gasteiger partial charge in [0.2, 0.25) is 5.88 Å². The average Bonchev–Trinajstić information content (AvgIpc) is 3.27. The summed E-state index contributed by atoms with van der Waals surface area (Å²) in [7, 11) is 0. The summed E-state index contributed by atoms with van der Waals surface area (Å²) in [6.07, 6.45) is 6.36. The number of rotatable bonds is 7. The van der Waals surface area contributed by atoms with Gasteiger partial charge in [-0.2, -0.15) is 4.98 Å². The zero-order valence-corrected chi connectivity index (χ0v) is 11.9. The van der Waals surface area contributed by atoms with Crippen molar-refractivity contribution >= 4 is 5.82 Å². The Bertz CT molecular complexity index is 453. The maximum absolute atomic E-state index is 5.90. The van der Waals surface area contributed by atoms with Crippen LogP contribution < -0.4 is 10.1 Å². The molecule has 1 heterocycles. The van der Waals surface area contributed by atoms with E-state index in [1.165, 1.54) is 32.1 Å². The van der Waals surface area contributed by atoms with Gasteiger partial charge in [0, 0.05) is 12.5 Å². The van der Waals surface area contributed by atoms with Crippen LogP contribution in [0.3, 0.4) is 0 Å². The van der Waals surface area contributed by atoms with E-state index in [-0.39, 0.29) is 0 Å². The third-order valence-corrected chi connectivity index (χ3v) is 3.87. The topological polar surface area (TPSA) is 47.0 Å². The van der Waals surface area contributed by atoms with Crippen LogP contribution in [-0.4, -0.2) is 23.1 Å². The maximum Gasteiger partial charge on any atom is 0.221 e. The molecule has 0 saturated heterocycles. The molecule has 4 heteroatoms. The van der Waals surface area contributed by atoms with Crippen molar-refractivity contribution in [3.8, 4) is 5.88 Å². The molecular weight excluding hydrogens is 238 g/mol. The average molecular weight is 261 g/mol. The Morgan fingerprint density at radius 2 is 2.00 bits per heavy atom. The second-order valence-electron chi connectivity index (χ2n) is 5.75. The van der Waals surface area contributed by atoms with Crippen molar-refractivity contribution in [1.82, 2.24) is 9.97 Å². The van der Waals surface area contributed by atoms with Crippen molar-refractivity contribution in [2.45, 2.75) is 51.9 Å². The molecule has 0 aliphatic heterocycles. The fraction of sp³-hybridized carbons (Fsp3) is 0.733. The van der Waals surface area contributed by atoms with Crippen molar-refractivity contribution in [1.29, 1.82) is 0 Å². The molecule has 2 saturated carbocycles. The van der Waals surface area contributed by atoms with E-state index in [2.05, 4.69) is 22.2 Å². The van der Waals surface area contributed by atoms with E-state index < -0.39 is 0 Å². The minimum absolute atomic E-state index is 0.559. The van der Waals surface area contributed by atoms with Crippen LogP contribution in [0.4, 0.5) is 5.82 Å². The summed E-state index contributed by atoms with van der Waals surface area (Å²) < 4.78 is 5.90. The van der Waals surface area contributed by atoms with Crippen LogP contribution in [0.25, 0.3) is 0 Å². The van der Waals surface area contributed by atoms with Gasteiger partial charge in [-0.3, -0.25) is 0 Å². The molecule has 0 unspecified atom stereocenters. The van der Waals surface area contributed by atoms with Gasteiger partial charge in [0.15, 0.2) is 0 Å². The van der Waals surface area contributed by atoms with Crippen LogP contribution in [0.5, 0.6) is 5.88 Å². The largest absolute Gasteiger partial charge is 0.477 e. The van der Waals surface area contributed by atoms with Gasteiger partial charge in [0.05, 0.1) is 12.2 Å². The standard InChI is InChI=1S/C15H23N3O/c1-3-16-13-10(2)15(19-9-8-11-4-5-11)18-14(17-13)12-6-7-12/h11-12H,3-9H2,1-2H3,(H,16,17,18). The normalized spacial score (nSPS) is 18.4. The van der Waals surface area contributed by atoms with Crippen LogP contribution in [0.15, 0.2) is 0 Å². The minimum atomic E-state index is 0.559. The summed E-state index contributed by atoms with van der Waals surface area (Å²) in [5, 5.41) is 3.32. The smallest absolute Gasteiger partial charge is 0.221 e. The van der Waals surface area contributed by atoms with E-state index in [9.17, 15) is 0 Å². The molecule has 2 aliphatic rings. The molecule has 4 nitrogen and oxygen atoms in total. The number of hydrogen-bond acceptors (Lipinski definition) is 4. The maximum atomic E-state index is 5.90. The van der Waals surface area contributed by atoms with Crippen molar-refractivity contribution in [2.75, 3.05) is 18.5 Å². The van der Waals surface area contributed by atoms with E-state index in [0.717, 1.165) is 42.2 Å². The number of nitrogens with zero attached hydrogens (tertiary/aromatic N) is 2. The van der Waals surface area contributed by atoms with Gasteiger partial charge in [-0.1, -0.05) is 12.8 Å². The summed E-state index contributed by atoms with van der Waals surface area (Å²) in [5.74, 6) is 4.15. The molecule has 1 aromatic heterocycles. The third-order valence-electron chi connectivity index (χ3n) is 3.87. The molecular formula is C15H23N3O. The monoisotopic (exact) mass is 261 g/mol. The molecule has 1 N–H and O–H groups in total. The van der Waals surface area contributed by atoms with Crippen molar-refractivity contribution < 1.29 is 4.74 Å². The first-order chi connectivity index (χ1) is 9.28. The third kappa shape index (κ3) is 3.17. The van der Waals surface area contributed by atoms with E-state index >= 15 is 0 Å². The van der Waals surface area contributed by atoms with Crippen LogP contribution in [0, 0.1) is 12.8 Å². The van der Waals surface area contributed by atoms with Crippen LogP contribution in [0.2, 0.25) is 0 Å². The van der Waals surface area contributed by atoms with E-state index in [1.807, 2.05) is 6.92 Å². The molecule has 3 rings (SSSR count). The lowest BCUT2D eigenvalue weighted by molar-refractivity contribution is 0.288. The molecule has 0 spiro atoms. The highest BCUT2D eigenvalue weighted by atomic mass is 16.5. The van der Waals surface area contributed by atoms with E-state index in [0.29, 0.717) is 5.92 Å². The zero-order valence-electron chi connectivity index (χ0n) is 11.9. The first-order valence-corrected chi connectivity index (χ1v) is 7.53. The van der Waals surface area contributed by atoms with Crippen LogP contribution in [0.1, 0.15) is 56.3 Å². The molecule has 104 valence electrons. The predicted molar refractivity (Wildman–Crippen MR) is 75.7 cm³/mol. The number of hydrogen-bond donors (Lipinski definition) is 1. The molecule has 0 amide bonds. The molecule has 2 aliphatic carbocycles. The van der Waals surface area contributed by atoms with Gasteiger partial charge in [-0.15, -0.1) is 0 Å². The Labute approximate surface area is 115 Å². The van der Waals surface area contributed by atoms with Gasteiger partial charge in [0.1, 0.15) is 11.6 Å². The van der Waals surface area contributed by atoms with Gasteiger partial charge >= 0.3 is 0 Å². The predicted octanol–water partition coefficient (Wildman–Crippen LogP) is 3.27. The molecule has 0 radical (unpaired) electrons. The van der Waals surface area contributed by atoms with Gasteiger partial charge in [0.25, 0.3) is 0 Å². The van der Waals surface area contributed by atoms with Gasteiger partial charge in [-0.25, -0.2) is 4.98 Å². The Balaban J connectivity index is 1.74. The first-order valence-electron chi connectivity index (χ1n) is 7.53. The highest BCUT2D eigenvalue weighted by molar-refractivity contribution is 5.49. The SMILES string of the molecule is CCNc1nc(C2CC2)nc(OCCC2CC2)c1C. The fourth-order valence-electron chi connectivity index (χ4n) is 2.25. The second-order valence-corrected chi connectivity index (χ2v) is 5.75. The number of ether oxygens (including phenoxy) is 1. The summed E-state index contributed by atoms with van der Waals surface area (Å²) in [6.45, 7) is 5.80.